The van der Waals surface area contributed by atoms with E-state index in [0.717, 1.165) is 5.56 Å². The summed E-state index contributed by atoms with van der Waals surface area (Å²) in [4.78, 5) is 25.5. The average Bonchev–Trinajstić information content (AvgIpc) is 2.92. The van der Waals surface area contributed by atoms with Crippen LogP contribution in [0.5, 0.6) is 17.2 Å². The second-order valence-corrected chi connectivity index (χ2v) is 10.1. The summed E-state index contributed by atoms with van der Waals surface area (Å²) in [6.45, 7) is 6.25. The molecule has 0 heterocycles. The SMILES string of the molecule is CCOc1cc(C=NNC(=O)C(NC(=O)c2ccc(OC)cc2)C(C)C)cc(Br)c1OCc1ccccc1Cl. The number of amides is 2. The van der Waals surface area contributed by atoms with E-state index in [2.05, 4.69) is 31.8 Å². The number of benzene rings is 3. The monoisotopic (exact) mass is 615 g/mol. The molecule has 39 heavy (non-hydrogen) atoms. The first kappa shape index (κ1) is 30.0. The smallest absolute Gasteiger partial charge is 0.262 e. The van der Waals surface area contributed by atoms with Gasteiger partial charge in [-0.2, -0.15) is 5.10 Å². The van der Waals surface area contributed by atoms with E-state index in [9.17, 15) is 9.59 Å². The van der Waals surface area contributed by atoms with Gasteiger partial charge in [-0.05, 0) is 76.8 Å². The van der Waals surface area contributed by atoms with E-state index < -0.39 is 11.9 Å². The van der Waals surface area contributed by atoms with Crippen LogP contribution in [0, 0.1) is 5.92 Å². The molecular weight excluding hydrogens is 586 g/mol. The zero-order chi connectivity index (χ0) is 28.4. The van der Waals surface area contributed by atoms with Crippen molar-refractivity contribution >= 4 is 45.6 Å². The van der Waals surface area contributed by atoms with E-state index in [4.69, 9.17) is 25.8 Å². The fourth-order valence-corrected chi connectivity index (χ4v) is 4.34. The van der Waals surface area contributed by atoms with Gasteiger partial charge in [0.1, 0.15) is 18.4 Å². The van der Waals surface area contributed by atoms with Gasteiger partial charge in [-0.1, -0.05) is 43.6 Å². The molecule has 206 valence electrons. The molecule has 0 saturated carbocycles. The van der Waals surface area contributed by atoms with Gasteiger partial charge in [-0.3, -0.25) is 9.59 Å². The third-order valence-corrected chi connectivity index (χ3v) is 6.60. The molecule has 2 amide bonds. The fourth-order valence-electron chi connectivity index (χ4n) is 3.57. The van der Waals surface area contributed by atoms with Gasteiger partial charge in [0.05, 0.1) is 24.4 Å². The number of nitrogens with one attached hydrogen (secondary N) is 2. The maximum Gasteiger partial charge on any atom is 0.262 e. The Morgan fingerprint density at radius 2 is 1.79 bits per heavy atom. The van der Waals surface area contributed by atoms with Crippen LogP contribution in [-0.4, -0.2) is 37.8 Å². The van der Waals surface area contributed by atoms with Gasteiger partial charge in [0.25, 0.3) is 11.8 Å². The summed E-state index contributed by atoms with van der Waals surface area (Å²) in [6, 6.07) is 16.9. The molecule has 0 spiro atoms. The normalized spacial score (nSPS) is 11.8. The Morgan fingerprint density at radius 1 is 1.08 bits per heavy atom. The van der Waals surface area contributed by atoms with Crippen LogP contribution in [0.2, 0.25) is 5.02 Å². The Morgan fingerprint density at radius 3 is 2.44 bits per heavy atom. The molecule has 0 aliphatic heterocycles. The predicted octanol–water partition coefficient (Wildman–Crippen LogP) is 5.99. The van der Waals surface area contributed by atoms with E-state index in [1.165, 1.54) is 6.21 Å². The maximum atomic E-state index is 12.9. The number of carbonyl (C=O) groups excluding carboxylic acids is 2. The lowest BCUT2D eigenvalue weighted by atomic mass is 10.0. The number of methoxy groups -OCH3 is 1. The van der Waals surface area contributed by atoms with Gasteiger partial charge < -0.3 is 19.5 Å². The van der Waals surface area contributed by atoms with Crippen LogP contribution in [0.4, 0.5) is 0 Å². The number of halogens is 2. The van der Waals surface area contributed by atoms with E-state index in [0.29, 0.717) is 44.5 Å². The summed E-state index contributed by atoms with van der Waals surface area (Å²) in [5, 5.41) is 7.49. The highest BCUT2D eigenvalue weighted by Gasteiger charge is 2.24. The number of hydrogen-bond donors (Lipinski definition) is 2. The zero-order valence-electron chi connectivity index (χ0n) is 22.2. The molecule has 0 aliphatic carbocycles. The Hall–Kier alpha value is -3.56. The number of hydrogen-bond acceptors (Lipinski definition) is 6. The van der Waals surface area contributed by atoms with Crippen LogP contribution in [-0.2, 0) is 11.4 Å². The minimum atomic E-state index is -0.789. The Balaban J connectivity index is 1.68. The molecule has 0 radical (unpaired) electrons. The Kier molecular flexibility index (Phi) is 11.2. The molecule has 0 saturated heterocycles. The summed E-state index contributed by atoms with van der Waals surface area (Å²) >= 11 is 9.79. The lowest BCUT2D eigenvalue weighted by Crippen LogP contribution is -2.48. The second kappa shape index (κ2) is 14.6. The number of ether oxygens (including phenoxy) is 3. The van der Waals surface area contributed by atoms with Crippen LogP contribution in [0.25, 0.3) is 0 Å². The zero-order valence-corrected chi connectivity index (χ0v) is 24.5. The third kappa shape index (κ3) is 8.46. The maximum absolute atomic E-state index is 12.9. The number of nitrogens with zero attached hydrogens (tertiary/aromatic N) is 1. The van der Waals surface area contributed by atoms with E-state index in [1.54, 1.807) is 49.6 Å². The highest BCUT2D eigenvalue weighted by Crippen LogP contribution is 2.37. The van der Waals surface area contributed by atoms with E-state index in [-0.39, 0.29) is 18.4 Å². The average molecular weight is 617 g/mol. The van der Waals surface area contributed by atoms with Gasteiger partial charge in [-0.15, -0.1) is 0 Å². The molecule has 0 bridgehead atoms. The summed E-state index contributed by atoms with van der Waals surface area (Å²) in [6.07, 6.45) is 1.49. The van der Waals surface area contributed by atoms with Crippen LogP contribution >= 0.6 is 27.5 Å². The first-order valence-corrected chi connectivity index (χ1v) is 13.5. The van der Waals surface area contributed by atoms with Crippen LogP contribution in [0.1, 0.15) is 42.3 Å². The Bertz CT molecular complexity index is 1310. The topological polar surface area (TPSA) is 98.2 Å². The van der Waals surface area contributed by atoms with Crippen LogP contribution < -0.4 is 25.0 Å². The van der Waals surface area contributed by atoms with Crippen molar-refractivity contribution < 1.29 is 23.8 Å². The molecule has 10 heteroatoms. The van der Waals surface area contributed by atoms with Crippen molar-refractivity contribution in [3.8, 4) is 17.2 Å². The Labute approximate surface area is 241 Å². The standard InChI is InChI=1S/C29H31BrClN3O5/c1-5-38-25-15-19(14-23(30)27(25)39-17-21-8-6-7-9-24(21)31)16-32-34-29(36)26(18(2)3)33-28(35)20-10-12-22(37-4)13-11-20/h6-16,18,26H,5,17H2,1-4H3,(H,33,35)(H,34,36). The minimum Gasteiger partial charge on any atom is -0.497 e. The van der Waals surface area contributed by atoms with Gasteiger partial charge in [-0.25, -0.2) is 5.43 Å². The molecule has 0 aliphatic rings. The predicted molar refractivity (Wildman–Crippen MR) is 156 cm³/mol. The number of carbonyl (C=O) groups is 2. The molecule has 1 unspecified atom stereocenters. The van der Waals surface area contributed by atoms with E-state index in [1.807, 2.05) is 39.0 Å². The molecule has 3 rings (SSSR count). The molecule has 3 aromatic carbocycles. The van der Waals surface area contributed by atoms with Crippen molar-refractivity contribution in [2.45, 2.75) is 33.4 Å². The minimum absolute atomic E-state index is 0.171. The van der Waals surface area contributed by atoms with Gasteiger partial charge in [0.15, 0.2) is 11.5 Å². The summed E-state index contributed by atoms with van der Waals surface area (Å²) in [5.41, 5.74) is 4.45. The third-order valence-electron chi connectivity index (χ3n) is 5.64. The lowest BCUT2D eigenvalue weighted by molar-refractivity contribution is -0.123. The molecule has 3 aromatic rings. The summed E-state index contributed by atoms with van der Waals surface area (Å²) in [7, 11) is 1.55. The number of hydrazone groups is 1. The molecule has 1 atom stereocenters. The highest BCUT2D eigenvalue weighted by molar-refractivity contribution is 9.10. The first-order chi connectivity index (χ1) is 18.7. The second-order valence-electron chi connectivity index (χ2n) is 8.80. The van der Waals surface area contributed by atoms with Crippen molar-refractivity contribution in [3.05, 3.63) is 86.8 Å². The van der Waals surface area contributed by atoms with Crippen molar-refractivity contribution in [2.75, 3.05) is 13.7 Å². The molecular formula is C29H31BrClN3O5. The van der Waals surface area contributed by atoms with Gasteiger partial charge in [0.2, 0.25) is 0 Å². The largest absolute Gasteiger partial charge is 0.497 e. The molecule has 0 aromatic heterocycles. The van der Waals surface area contributed by atoms with Crippen LogP contribution in [0.3, 0.4) is 0 Å². The first-order valence-electron chi connectivity index (χ1n) is 12.3. The molecule has 2 N–H and O–H groups in total. The van der Waals surface area contributed by atoms with Crippen molar-refractivity contribution in [3.63, 3.8) is 0 Å². The highest BCUT2D eigenvalue weighted by atomic mass is 79.9. The molecule has 8 nitrogen and oxygen atoms in total. The van der Waals surface area contributed by atoms with Crippen LogP contribution in [0.15, 0.2) is 70.2 Å². The quantitative estimate of drug-likeness (QED) is 0.192. The van der Waals surface area contributed by atoms with E-state index >= 15 is 0 Å². The fraction of sp³-hybridized carbons (Fsp3) is 0.276. The van der Waals surface area contributed by atoms with Crippen molar-refractivity contribution in [1.29, 1.82) is 0 Å². The van der Waals surface area contributed by atoms with Crippen molar-refractivity contribution in [1.82, 2.24) is 10.7 Å². The molecule has 0 fully saturated rings. The lowest BCUT2D eigenvalue weighted by Gasteiger charge is -2.20. The summed E-state index contributed by atoms with van der Waals surface area (Å²) < 4.78 is 17.6. The van der Waals surface area contributed by atoms with Gasteiger partial charge in [0, 0.05) is 16.1 Å². The van der Waals surface area contributed by atoms with Crippen molar-refractivity contribution in [2.24, 2.45) is 11.0 Å². The van der Waals surface area contributed by atoms with Gasteiger partial charge >= 0.3 is 0 Å². The number of rotatable bonds is 12. The summed E-state index contributed by atoms with van der Waals surface area (Å²) in [5.74, 6) is 0.701.